The molecule has 0 unspecified atom stereocenters. The highest BCUT2D eigenvalue weighted by Gasteiger charge is 2.08. The van der Waals surface area contributed by atoms with Crippen LogP contribution in [-0.2, 0) is 0 Å². The fraction of sp³-hybridized carbons (Fsp3) is 0. The number of hydrogen-bond acceptors (Lipinski definition) is 2. The number of thiazole rings is 1. The number of aromatic nitrogens is 2. The van der Waals surface area contributed by atoms with Crippen LogP contribution in [0.25, 0.3) is 32.0 Å². The standard InChI is InChI=1S/C13H8N2S/c1-2-4-9-8(3-1)12-10(15-9)5-6-11-13(12)14-7-16-11/h1-7,15H. The first-order valence-corrected chi connectivity index (χ1v) is 6.04. The van der Waals surface area contributed by atoms with Crippen LogP contribution in [0.4, 0.5) is 0 Å². The summed E-state index contributed by atoms with van der Waals surface area (Å²) in [4.78, 5) is 7.89. The molecule has 0 bridgehead atoms. The molecule has 2 aromatic carbocycles. The maximum atomic E-state index is 4.47. The van der Waals surface area contributed by atoms with Crippen LogP contribution in [0.15, 0.2) is 41.9 Å². The number of para-hydroxylation sites is 1. The smallest absolute Gasteiger partial charge is 0.0912 e. The SMILES string of the molecule is c1ccc2c(c1)[nH]c1ccc3scnc3c12. The van der Waals surface area contributed by atoms with E-state index in [0.717, 1.165) is 5.52 Å². The minimum absolute atomic E-state index is 1.11. The van der Waals surface area contributed by atoms with Gasteiger partial charge in [0.1, 0.15) is 0 Å². The van der Waals surface area contributed by atoms with E-state index in [2.05, 4.69) is 46.4 Å². The summed E-state index contributed by atoms with van der Waals surface area (Å²) in [5.74, 6) is 0. The third-order valence-electron chi connectivity index (χ3n) is 2.97. The van der Waals surface area contributed by atoms with Crippen molar-refractivity contribution in [2.24, 2.45) is 0 Å². The Bertz CT molecular complexity index is 810. The Morgan fingerprint density at radius 3 is 2.94 bits per heavy atom. The summed E-state index contributed by atoms with van der Waals surface area (Å²) >= 11 is 1.69. The van der Waals surface area contributed by atoms with E-state index in [4.69, 9.17) is 0 Å². The number of H-pyrrole nitrogens is 1. The van der Waals surface area contributed by atoms with E-state index in [0.29, 0.717) is 0 Å². The summed E-state index contributed by atoms with van der Waals surface area (Å²) in [6.45, 7) is 0. The van der Waals surface area contributed by atoms with Crippen molar-refractivity contribution in [1.82, 2.24) is 9.97 Å². The number of nitrogens with zero attached hydrogens (tertiary/aromatic N) is 1. The van der Waals surface area contributed by atoms with Crippen LogP contribution in [0.3, 0.4) is 0 Å². The van der Waals surface area contributed by atoms with Crippen molar-refractivity contribution in [3.05, 3.63) is 41.9 Å². The Balaban J connectivity index is 2.42. The Hall–Kier alpha value is -1.87. The van der Waals surface area contributed by atoms with Crippen LogP contribution >= 0.6 is 11.3 Å². The third kappa shape index (κ3) is 0.933. The molecule has 1 N–H and O–H groups in total. The highest BCUT2D eigenvalue weighted by molar-refractivity contribution is 7.16. The highest BCUT2D eigenvalue weighted by atomic mass is 32.1. The lowest BCUT2D eigenvalue weighted by Crippen LogP contribution is -1.70. The van der Waals surface area contributed by atoms with Gasteiger partial charge in [-0.05, 0) is 18.2 Å². The van der Waals surface area contributed by atoms with Crippen molar-refractivity contribution in [2.45, 2.75) is 0 Å². The van der Waals surface area contributed by atoms with Gasteiger partial charge in [0.2, 0.25) is 0 Å². The summed E-state index contributed by atoms with van der Waals surface area (Å²) in [5, 5.41) is 2.50. The molecule has 4 aromatic rings. The molecule has 0 saturated heterocycles. The average molecular weight is 224 g/mol. The fourth-order valence-electron chi connectivity index (χ4n) is 2.26. The molecule has 16 heavy (non-hydrogen) atoms. The highest BCUT2D eigenvalue weighted by Crippen LogP contribution is 2.32. The number of nitrogens with one attached hydrogen (secondary N) is 1. The molecule has 0 aliphatic heterocycles. The van der Waals surface area contributed by atoms with E-state index in [-0.39, 0.29) is 0 Å². The van der Waals surface area contributed by atoms with Crippen LogP contribution in [0.1, 0.15) is 0 Å². The van der Waals surface area contributed by atoms with Gasteiger partial charge in [0.15, 0.2) is 0 Å². The number of hydrogen-bond donors (Lipinski definition) is 1. The largest absolute Gasteiger partial charge is 0.354 e. The molecule has 76 valence electrons. The number of fused-ring (bicyclic) bond motifs is 5. The van der Waals surface area contributed by atoms with Crippen molar-refractivity contribution in [3.63, 3.8) is 0 Å². The first-order chi connectivity index (χ1) is 7.93. The minimum atomic E-state index is 1.11. The van der Waals surface area contributed by atoms with E-state index < -0.39 is 0 Å². The fourth-order valence-corrected chi connectivity index (χ4v) is 2.95. The molecule has 0 fully saturated rings. The zero-order valence-corrected chi connectivity index (χ0v) is 9.21. The quantitative estimate of drug-likeness (QED) is 0.481. The molecule has 2 heterocycles. The number of rotatable bonds is 0. The Kier molecular flexibility index (Phi) is 1.47. The summed E-state index contributed by atoms with van der Waals surface area (Å²) in [6, 6.07) is 12.6. The van der Waals surface area contributed by atoms with Crippen molar-refractivity contribution in [2.75, 3.05) is 0 Å². The lowest BCUT2D eigenvalue weighted by atomic mass is 10.1. The van der Waals surface area contributed by atoms with E-state index in [9.17, 15) is 0 Å². The third-order valence-corrected chi connectivity index (χ3v) is 3.76. The van der Waals surface area contributed by atoms with E-state index in [1.165, 1.54) is 26.5 Å². The normalized spacial score (nSPS) is 11.8. The summed E-state index contributed by atoms with van der Waals surface area (Å²) in [5.41, 5.74) is 5.36. The summed E-state index contributed by atoms with van der Waals surface area (Å²) in [6.07, 6.45) is 0. The first kappa shape index (κ1) is 8.30. The number of aromatic amines is 1. The molecule has 0 atom stereocenters. The summed E-state index contributed by atoms with van der Waals surface area (Å²) < 4.78 is 1.25. The van der Waals surface area contributed by atoms with Crippen LogP contribution < -0.4 is 0 Å². The molecular formula is C13H8N2S. The van der Waals surface area contributed by atoms with Crippen LogP contribution in [-0.4, -0.2) is 9.97 Å². The monoisotopic (exact) mass is 224 g/mol. The molecule has 4 rings (SSSR count). The molecule has 0 aliphatic rings. The molecular weight excluding hydrogens is 216 g/mol. The average Bonchev–Trinajstić information content (AvgIpc) is 2.91. The zero-order valence-electron chi connectivity index (χ0n) is 8.40. The van der Waals surface area contributed by atoms with Gasteiger partial charge in [-0.3, -0.25) is 0 Å². The summed E-state index contributed by atoms with van der Waals surface area (Å²) in [7, 11) is 0. The predicted molar refractivity (Wildman–Crippen MR) is 69.0 cm³/mol. The second-order valence-electron chi connectivity index (χ2n) is 3.86. The molecule has 0 radical (unpaired) electrons. The molecule has 0 spiro atoms. The molecule has 2 nitrogen and oxygen atoms in total. The van der Waals surface area contributed by atoms with Crippen LogP contribution in [0, 0.1) is 0 Å². The maximum Gasteiger partial charge on any atom is 0.0912 e. The molecule has 0 aliphatic carbocycles. The van der Waals surface area contributed by atoms with Gasteiger partial charge < -0.3 is 4.98 Å². The predicted octanol–water partition coefficient (Wildman–Crippen LogP) is 3.93. The van der Waals surface area contributed by atoms with E-state index >= 15 is 0 Å². The Morgan fingerprint density at radius 2 is 1.94 bits per heavy atom. The molecule has 2 aromatic heterocycles. The second kappa shape index (κ2) is 2.83. The van der Waals surface area contributed by atoms with Gasteiger partial charge >= 0.3 is 0 Å². The topological polar surface area (TPSA) is 28.7 Å². The van der Waals surface area contributed by atoms with Gasteiger partial charge in [-0.1, -0.05) is 18.2 Å². The van der Waals surface area contributed by atoms with Gasteiger partial charge in [0.05, 0.1) is 15.7 Å². The van der Waals surface area contributed by atoms with Crippen molar-refractivity contribution in [3.8, 4) is 0 Å². The van der Waals surface area contributed by atoms with Crippen LogP contribution in [0.2, 0.25) is 0 Å². The number of benzene rings is 2. The van der Waals surface area contributed by atoms with Crippen LogP contribution in [0.5, 0.6) is 0 Å². The zero-order chi connectivity index (χ0) is 10.5. The van der Waals surface area contributed by atoms with Gasteiger partial charge in [0.25, 0.3) is 0 Å². The van der Waals surface area contributed by atoms with E-state index in [1.807, 2.05) is 5.51 Å². The van der Waals surface area contributed by atoms with Crippen molar-refractivity contribution < 1.29 is 0 Å². The Labute approximate surface area is 95.5 Å². The van der Waals surface area contributed by atoms with Gasteiger partial charge in [-0.15, -0.1) is 11.3 Å². The molecule has 3 heteroatoms. The van der Waals surface area contributed by atoms with E-state index in [1.54, 1.807) is 11.3 Å². The van der Waals surface area contributed by atoms with Crippen molar-refractivity contribution >= 4 is 43.4 Å². The first-order valence-electron chi connectivity index (χ1n) is 5.16. The second-order valence-corrected chi connectivity index (χ2v) is 4.74. The minimum Gasteiger partial charge on any atom is -0.354 e. The Morgan fingerprint density at radius 1 is 1.00 bits per heavy atom. The lowest BCUT2D eigenvalue weighted by Gasteiger charge is -1.92. The van der Waals surface area contributed by atoms with Gasteiger partial charge in [-0.2, -0.15) is 0 Å². The molecule has 0 amide bonds. The molecule has 0 saturated carbocycles. The van der Waals surface area contributed by atoms with Gasteiger partial charge in [0, 0.05) is 21.8 Å². The van der Waals surface area contributed by atoms with Crippen molar-refractivity contribution in [1.29, 1.82) is 0 Å². The maximum absolute atomic E-state index is 4.47. The van der Waals surface area contributed by atoms with Gasteiger partial charge in [-0.25, -0.2) is 4.98 Å². The lowest BCUT2D eigenvalue weighted by molar-refractivity contribution is 1.51.